The number of nitrogens with zero attached hydrogens (tertiary/aromatic N) is 7. The van der Waals surface area contributed by atoms with E-state index < -0.39 is 0 Å². The number of benzene rings is 2. The average Bonchev–Trinajstić information content (AvgIpc) is 3.57. The number of H-pyrrole nitrogens is 1. The van der Waals surface area contributed by atoms with Gasteiger partial charge in [0.1, 0.15) is 6.04 Å². The third-order valence-corrected chi connectivity index (χ3v) is 8.34. The number of nitrogens with one attached hydrogen (secondary N) is 1. The molecule has 0 amide bonds. The van der Waals surface area contributed by atoms with Crippen LogP contribution in [0.15, 0.2) is 53.3 Å². The van der Waals surface area contributed by atoms with Crippen LogP contribution in [0.4, 0.5) is 5.13 Å². The molecule has 9 nitrogen and oxygen atoms in total. The molecule has 0 spiro atoms. The third-order valence-electron chi connectivity index (χ3n) is 7.25. The molecule has 2 aromatic carbocycles. The van der Waals surface area contributed by atoms with Crippen LogP contribution in [0.2, 0.25) is 0 Å². The summed E-state index contributed by atoms with van der Waals surface area (Å²) >= 11 is 1.73. The van der Waals surface area contributed by atoms with E-state index in [0.717, 1.165) is 54.2 Å². The molecule has 4 heterocycles. The number of tetrazole rings is 1. The summed E-state index contributed by atoms with van der Waals surface area (Å²) in [6, 6.07) is 16.1. The Morgan fingerprint density at radius 2 is 1.84 bits per heavy atom. The van der Waals surface area contributed by atoms with Crippen molar-refractivity contribution in [1.29, 1.82) is 0 Å². The summed E-state index contributed by atoms with van der Waals surface area (Å²) in [6.45, 7) is 11.5. The second-order valence-electron chi connectivity index (χ2n) is 10.8. The largest absolute Gasteiger partial charge is 0.345 e. The van der Waals surface area contributed by atoms with Crippen LogP contribution in [0.3, 0.4) is 0 Å². The zero-order valence-corrected chi connectivity index (χ0v) is 23.0. The van der Waals surface area contributed by atoms with Gasteiger partial charge in [-0.3, -0.25) is 9.69 Å². The fraction of sp³-hybridized carbons (Fsp3) is 0.393. The number of pyridine rings is 1. The molecule has 1 unspecified atom stereocenters. The van der Waals surface area contributed by atoms with Crippen LogP contribution in [0.5, 0.6) is 0 Å². The van der Waals surface area contributed by atoms with Crippen molar-refractivity contribution in [3.05, 3.63) is 75.8 Å². The summed E-state index contributed by atoms with van der Waals surface area (Å²) in [4.78, 5) is 26.2. The molecule has 38 heavy (non-hydrogen) atoms. The monoisotopic (exact) mass is 528 g/mol. The van der Waals surface area contributed by atoms with E-state index in [9.17, 15) is 4.79 Å². The van der Waals surface area contributed by atoms with E-state index in [1.165, 1.54) is 10.3 Å². The maximum Gasteiger partial charge on any atom is 0.253 e. The zero-order valence-electron chi connectivity index (χ0n) is 22.2. The molecular formula is C28H32N8OS. The summed E-state index contributed by atoms with van der Waals surface area (Å²) in [5, 5.41) is 14.9. The lowest BCUT2D eigenvalue weighted by Crippen LogP contribution is -2.49. The smallest absolute Gasteiger partial charge is 0.253 e. The first-order valence-electron chi connectivity index (χ1n) is 13.1. The fourth-order valence-corrected chi connectivity index (χ4v) is 6.22. The molecule has 1 saturated heterocycles. The van der Waals surface area contributed by atoms with Gasteiger partial charge in [-0.25, -0.2) is 9.67 Å². The highest BCUT2D eigenvalue weighted by atomic mass is 32.1. The lowest BCUT2D eigenvalue weighted by molar-refractivity contribution is 0.190. The summed E-state index contributed by atoms with van der Waals surface area (Å²) in [6.07, 6.45) is 0.934. The number of rotatable bonds is 5. The van der Waals surface area contributed by atoms with Crippen molar-refractivity contribution in [2.75, 3.05) is 31.1 Å². The standard InChI is InChI=1S/C28H32N8OS/c1-5-18-10-11-21-19(16-18)17-20(26(37)29-21)24(25-31-32-33-36(25)28(2,3)4)34-12-14-35(15-13-34)27-30-22-8-6-7-9-23(22)38-27/h6-11,16-17,24H,5,12-15H2,1-4H3,(H,29,37). The van der Waals surface area contributed by atoms with Gasteiger partial charge in [0.05, 0.1) is 15.8 Å². The highest BCUT2D eigenvalue weighted by Gasteiger charge is 2.35. The Labute approximate surface area is 225 Å². The van der Waals surface area contributed by atoms with Crippen molar-refractivity contribution in [2.45, 2.75) is 45.7 Å². The fourth-order valence-electron chi connectivity index (χ4n) is 5.20. The minimum atomic E-state index is -0.375. The molecule has 3 aromatic heterocycles. The number of hydrogen-bond acceptors (Lipinski definition) is 8. The molecule has 0 saturated carbocycles. The Balaban J connectivity index is 1.39. The Morgan fingerprint density at radius 1 is 1.05 bits per heavy atom. The number of anilines is 1. The molecule has 1 N–H and O–H groups in total. The van der Waals surface area contributed by atoms with Crippen molar-refractivity contribution in [1.82, 2.24) is 35.1 Å². The second-order valence-corrected chi connectivity index (χ2v) is 11.8. The summed E-state index contributed by atoms with van der Waals surface area (Å²) < 4.78 is 3.05. The first-order chi connectivity index (χ1) is 18.3. The van der Waals surface area contributed by atoms with Gasteiger partial charge in [0.2, 0.25) is 0 Å². The molecule has 6 rings (SSSR count). The van der Waals surface area contributed by atoms with Crippen LogP contribution in [-0.4, -0.2) is 61.3 Å². The predicted octanol–water partition coefficient (Wildman–Crippen LogP) is 4.35. The van der Waals surface area contributed by atoms with Gasteiger partial charge in [-0.1, -0.05) is 36.5 Å². The minimum Gasteiger partial charge on any atom is -0.345 e. The van der Waals surface area contributed by atoms with Crippen molar-refractivity contribution >= 4 is 37.6 Å². The van der Waals surface area contributed by atoms with Crippen molar-refractivity contribution < 1.29 is 0 Å². The number of aromatic nitrogens is 6. The van der Waals surface area contributed by atoms with Crippen LogP contribution < -0.4 is 10.5 Å². The van der Waals surface area contributed by atoms with Crippen LogP contribution in [0.1, 0.15) is 50.7 Å². The lowest BCUT2D eigenvalue weighted by atomic mass is 10.00. The van der Waals surface area contributed by atoms with Crippen LogP contribution in [0, 0.1) is 0 Å². The van der Waals surface area contributed by atoms with Gasteiger partial charge in [-0.15, -0.1) is 5.10 Å². The average molecular weight is 529 g/mol. The van der Waals surface area contributed by atoms with Crippen molar-refractivity contribution in [3.63, 3.8) is 0 Å². The molecule has 196 valence electrons. The Bertz CT molecular complexity index is 1620. The van der Waals surface area contributed by atoms with E-state index in [1.54, 1.807) is 11.3 Å². The summed E-state index contributed by atoms with van der Waals surface area (Å²) in [5.74, 6) is 0.683. The van der Waals surface area contributed by atoms with Crippen molar-refractivity contribution in [2.24, 2.45) is 0 Å². The Morgan fingerprint density at radius 3 is 2.58 bits per heavy atom. The normalized spacial score (nSPS) is 15.9. The highest BCUT2D eigenvalue weighted by Crippen LogP contribution is 2.33. The number of aryl methyl sites for hydroxylation is 1. The van der Waals surface area contributed by atoms with Crippen molar-refractivity contribution in [3.8, 4) is 0 Å². The van der Waals surface area contributed by atoms with Gasteiger partial charge < -0.3 is 9.88 Å². The second kappa shape index (κ2) is 9.59. The number of hydrogen-bond donors (Lipinski definition) is 1. The maximum atomic E-state index is 13.5. The molecule has 0 aliphatic carbocycles. The molecule has 5 aromatic rings. The number of fused-ring (bicyclic) bond motifs is 2. The van der Waals surface area contributed by atoms with Crippen LogP contribution in [0.25, 0.3) is 21.1 Å². The number of piperazine rings is 1. The van der Waals surface area contributed by atoms with E-state index in [2.05, 4.69) is 88.3 Å². The minimum absolute atomic E-state index is 0.108. The molecule has 1 aliphatic rings. The zero-order chi connectivity index (χ0) is 26.4. The van der Waals surface area contributed by atoms with Gasteiger partial charge in [0.25, 0.3) is 5.56 Å². The molecule has 0 radical (unpaired) electrons. The Kier molecular flexibility index (Phi) is 6.23. The molecule has 10 heteroatoms. The SMILES string of the molecule is CCc1ccc2[nH]c(=O)c(C(c3nnnn3C(C)(C)C)N3CCN(c4nc5ccccc5s4)CC3)cc2c1. The lowest BCUT2D eigenvalue weighted by Gasteiger charge is -2.39. The number of para-hydroxylation sites is 1. The molecule has 1 atom stereocenters. The number of thiazole rings is 1. The maximum absolute atomic E-state index is 13.5. The molecular weight excluding hydrogens is 496 g/mol. The van der Waals surface area contributed by atoms with E-state index in [0.29, 0.717) is 11.4 Å². The first-order valence-corrected chi connectivity index (χ1v) is 13.9. The number of aromatic amines is 1. The first kappa shape index (κ1) is 24.7. The Hall–Kier alpha value is -3.63. The van der Waals surface area contributed by atoms with Gasteiger partial charge >= 0.3 is 0 Å². The summed E-state index contributed by atoms with van der Waals surface area (Å²) in [7, 11) is 0. The molecule has 0 bridgehead atoms. The van der Waals surface area contributed by atoms with Gasteiger partial charge in [-0.2, -0.15) is 0 Å². The summed E-state index contributed by atoms with van der Waals surface area (Å²) in [5.41, 5.74) is 3.33. The topological polar surface area (TPSA) is 95.8 Å². The van der Waals surface area contributed by atoms with Gasteiger partial charge in [0, 0.05) is 37.3 Å². The highest BCUT2D eigenvalue weighted by molar-refractivity contribution is 7.22. The quantitative estimate of drug-likeness (QED) is 0.362. The third kappa shape index (κ3) is 4.48. The molecule has 1 aliphatic heterocycles. The van der Waals surface area contributed by atoms with Gasteiger partial charge in [0.15, 0.2) is 11.0 Å². The predicted molar refractivity (Wildman–Crippen MR) is 152 cm³/mol. The van der Waals surface area contributed by atoms with Gasteiger partial charge in [-0.05, 0) is 78.9 Å². The van der Waals surface area contributed by atoms with Crippen LogP contribution >= 0.6 is 11.3 Å². The molecule has 1 fully saturated rings. The van der Waals surface area contributed by atoms with E-state index in [1.807, 2.05) is 22.9 Å². The van der Waals surface area contributed by atoms with E-state index in [-0.39, 0.29) is 17.1 Å². The van der Waals surface area contributed by atoms with Crippen LogP contribution in [-0.2, 0) is 12.0 Å². The van der Waals surface area contributed by atoms with E-state index in [4.69, 9.17) is 4.98 Å². The van der Waals surface area contributed by atoms with E-state index >= 15 is 0 Å².